The molecule has 4 nitrogen and oxygen atoms in total. The predicted molar refractivity (Wildman–Crippen MR) is 75.6 cm³/mol. The summed E-state index contributed by atoms with van der Waals surface area (Å²) >= 11 is 3.42. The molecule has 1 aromatic carbocycles. The van der Waals surface area contributed by atoms with Crippen LogP contribution in [-0.4, -0.2) is 36.0 Å². The zero-order chi connectivity index (χ0) is 13.5. The van der Waals surface area contributed by atoms with Crippen LogP contribution in [0.4, 0.5) is 0 Å². The van der Waals surface area contributed by atoms with E-state index in [1.54, 1.807) is 0 Å². The van der Waals surface area contributed by atoms with Crippen molar-refractivity contribution in [2.75, 3.05) is 19.7 Å². The maximum absolute atomic E-state index is 12.3. The van der Waals surface area contributed by atoms with Gasteiger partial charge in [0.1, 0.15) is 6.10 Å². The first-order valence-corrected chi connectivity index (χ1v) is 7.33. The Morgan fingerprint density at radius 1 is 1.37 bits per heavy atom. The lowest BCUT2D eigenvalue weighted by Crippen LogP contribution is -2.50. The summed E-state index contributed by atoms with van der Waals surface area (Å²) in [5, 5.41) is 0. The van der Waals surface area contributed by atoms with Gasteiger partial charge >= 0.3 is 0 Å². The van der Waals surface area contributed by atoms with E-state index in [2.05, 4.69) is 15.9 Å². The van der Waals surface area contributed by atoms with Crippen LogP contribution in [0.15, 0.2) is 28.7 Å². The number of ether oxygens (including phenoxy) is 1. The van der Waals surface area contributed by atoms with Crippen LogP contribution in [0.5, 0.6) is 0 Å². The second-order valence-electron chi connectivity index (χ2n) is 5.32. The molecule has 0 aromatic heterocycles. The van der Waals surface area contributed by atoms with Gasteiger partial charge in [-0.25, -0.2) is 0 Å². The van der Waals surface area contributed by atoms with Crippen molar-refractivity contribution in [3.63, 3.8) is 0 Å². The average Bonchev–Trinajstić information content (AvgIpc) is 3.18. The summed E-state index contributed by atoms with van der Waals surface area (Å²) in [7, 11) is 0. The van der Waals surface area contributed by atoms with Gasteiger partial charge in [0.05, 0.1) is 18.7 Å². The van der Waals surface area contributed by atoms with Crippen LogP contribution < -0.4 is 5.73 Å². The molecule has 2 N–H and O–H groups in total. The van der Waals surface area contributed by atoms with Crippen molar-refractivity contribution in [2.45, 2.75) is 24.5 Å². The van der Waals surface area contributed by atoms with Crippen molar-refractivity contribution in [1.29, 1.82) is 0 Å². The molecule has 1 unspecified atom stereocenters. The number of nitrogens with two attached hydrogens (primary N) is 1. The van der Waals surface area contributed by atoms with Crippen LogP contribution in [-0.2, 0) is 9.53 Å². The van der Waals surface area contributed by atoms with Crippen molar-refractivity contribution in [1.82, 2.24) is 4.90 Å². The lowest BCUT2D eigenvalue weighted by Gasteiger charge is -2.34. The maximum atomic E-state index is 12.3. The van der Waals surface area contributed by atoms with E-state index >= 15 is 0 Å². The Hall–Kier alpha value is -0.910. The van der Waals surface area contributed by atoms with Gasteiger partial charge in [-0.2, -0.15) is 0 Å². The SMILES string of the molecule is NC1(C(=O)N2CCOC(c3ccc(Br)cc3)C2)CC1. The number of halogens is 1. The minimum Gasteiger partial charge on any atom is -0.370 e. The number of nitrogens with zero attached hydrogens (tertiary/aromatic N) is 1. The molecule has 1 saturated heterocycles. The number of benzene rings is 1. The maximum Gasteiger partial charge on any atom is 0.242 e. The number of amides is 1. The van der Waals surface area contributed by atoms with E-state index in [1.165, 1.54) is 0 Å². The highest BCUT2D eigenvalue weighted by Gasteiger charge is 2.48. The molecule has 1 aliphatic heterocycles. The smallest absolute Gasteiger partial charge is 0.242 e. The number of morpholine rings is 1. The lowest BCUT2D eigenvalue weighted by atomic mass is 10.1. The Bertz CT molecular complexity index is 485. The molecule has 3 rings (SSSR count). The van der Waals surface area contributed by atoms with Crippen molar-refractivity contribution < 1.29 is 9.53 Å². The lowest BCUT2D eigenvalue weighted by molar-refractivity contribution is -0.141. The summed E-state index contributed by atoms with van der Waals surface area (Å²) in [4.78, 5) is 14.1. The van der Waals surface area contributed by atoms with Crippen molar-refractivity contribution >= 4 is 21.8 Å². The van der Waals surface area contributed by atoms with E-state index in [9.17, 15) is 4.79 Å². The fourth-order valence-electron chi connectivity index (χ4n) is 2.38. The Kier molecular flexibility index (Phi) is 3.37. The van der Waals surface area contributed by atoms with Gasteiger partial charge in [-0.05, 0) is 30.5 Å². The minimum absolute atomic E-state index is 0.0480. The summed E-state index contributed by atoms with van der Waals surface area (Å²) in [6.07, 6.45) is 1.58. The fraction of sp³-hybridized carbons (Fsp3) is 0.500. The number of hydrogen-bond donors (Lipinski definition) is 1. The molecule has 1 aliphatic carbocycles. The standard InChI is InChI=1S/C14H17BrN2O2/c15-11-3-1-10(2-4-11)12-9-17(7-8-19-12)13(18)14(16)5-6-14/h1-4,12H,5-9,16H2. The Morgan fingerprint density at radius 3 is 2.68 bits per heavy atom. The van der Waals surface area contributed by atoms with E-state index in [1.807, 2.05) is 29.2 Å². The monoisotopic (exact) mass is 324 g/mol. The molecule has 0 spiro atoms. The van der Waals surface area contributed by atoms with E-state index < -0.39 is 5.54 Å². The summed E-state index contributed by atoms with van der Waals surface area (Å²) in [5.74, 6) is 0.0814. The fourth-order valence-corrected chi connectivity index (χ4v) is 2.64. The summed E-state index contributed by atoms with van der Waals surface area (Å²) in [6, 6.07) is 8.03. The first-order valence-electron chi connectivity index (χ1n) is 6.54. The van der Waals surface area contributed by atoms with E-state index in [4.69, 9.17) is 10.5 Å². The van der Waals surface area contributed by atoms with Gasteiger partial charge in [0.2, 0.25) is 5.91 Å². The molecule has 0 radical (unpaired) electrons. The quantitative estimate of drug-likeness (QED) is 0.903. The van der Waals surface area contributed by atoms with Gasteiger partial charge in [-0.1, -0.05) is 28.1 Å². The van der Waals surface area contributed by atoms with Crippen LogP contribution in [0.25, 0.3) is 0 Å². The predicted octanol–water partition coefficient (Wildman–Crippen LogP) is 1.84. The van der Waals surface area contributed by atoms with Gasteiger partial charge < -0.3 is 15.4 Å². The highest BCUT2D eigenvalue weighted by Crippen LogP contribution is 2.35. The Morgan fingerprint density at radius 2 is 2.05 bits per heavy atom. The molecule has 102 valence electrons. The number of carbonyl (C=O) groups is 1. The molecule has 2 aliphatic rings. The third-order valence-corrected chi connectivity index (χ3v) is 4.34. The second kappa shape index (κ2) is 4.89. The Labute approximate surface area is 121 Å². The van der Waals surface area contributed by atoms with Gasteiger partial charge in [-0.15, -0.1) is 0 Å². The highest BCUT2D eigenvalue weighted by molar-refractivity contribution is 9.10. The molecule has 1 aromatic rings. The third-order valence-electron chi connectivity index (χ3n) is 3.81. The molecule has 1 saturated carbocycles. The van der Waals surface area contributed by atoms with E-state index in [0.717, 1.165) is 22.9 Å². The molecular formula is C14H17BrN2O2. The van der Waals surface area contributed by atoms with Crippen LogP contribution >= 0.6 is 15.9 Å². The first-order chi connectivity index (χ1) is 9.08. The zero-order valence-electron chi connectivity index (χ0n) is 10.6. The molecule has 1 atom stereocenters. The zero-order valence-corrected chi connectivity index (χ0v) is 12.2. The van der Waals surface area contributed by atoms with Crippen LogP contribution in [0.1, 0.15) is 24.5 Å². The van der Waals surface area contributed by atoms with E-state index in [0.29, 0.717) is 19.7 Å². The minimum atomic E-state index is -0.582. The number of rotatable bonds is 2. The van der Waals surface area contributed by atoms with Gasteiger partial charge in [0.15, 0.2) is 0 Å². The molecule has 2 fully saturated rings. The van der Waals surface area contributed by atoms with Crippen molar-refractivity contribution in [3.8, 4) is 0 Å². The summed E-state index contributed by atoms with van der Waals surface area (Å²) in [6.45, 7) is 1.81. The average molecular weight is 325 g/mol. The molecule has 5 heteroatoms. The largest absolute Gasteiger partial charge is 0.370 e. The second-order valence-corrected chi connectivity index (χ2v) is 6.23. The molecular weight excluding hydrogens is 308 g/mol. The van der Waals surface area contributed by atoms with Gasteiger partial charge in [0.25, 0.3) is 0 Å². The molecule has 1 amide bonds. The Balaban J connectivity index is 1.71. The summed E-state index contributed by atoms with van der Waals surface area (Å²) < 4.78 is 6.81. The van der Waals surface area contributed by atoms with Crippen molar-refractivity contribution in [2.24, 2.45) is 5.73 Å². The number of hydrogen-bond acceptors (Lipinski definition) is 3. The van der Waals surface area contributed by atoms with Crippen LogP contribution in [0.3, 0.4) is 0 Å². The van der Waals surface area contributed by atoms with Gasteiger partial charge in [-0.3, -0.25) is 4.79 Å². The van der Waals surface area contributed by atoms with Crippen LogP contribution in [0.2, 0.25) is 0 Å². The van der Waals surface area contributed by atoms with Crippen LogP contribution in [0, 0.1) is 0 Å². The highest BCUT2D eigenvalue weighted by atomic mass is 79.9. The normalized spacial score (nSPS) is 25.2. The summed E-state index contributed by atoms with van der Waals surface area (Å²) in [5.41, 5.74) is 6.50. The molecule has 19 heavy (non-hydrogen) atoms. The molecule has 1 heterocycles. The van der Waals surface area contributed by atoms with E-state index in [-0.39, 0.29) is 12.0 Å². The first kappa shape index (κ1) is 13.1. The van der Waals surface area contributed by atoms with Gasteiger partial charge in [0, 0.05) is 11.0 Å². The van der Waals surface area contributed by atoms with Crippen molar-refractivity contribution in [3.05, 3.63) is 34.3 Å². The third kappa shape index (κ3) is 2.68. The molecule has 0 bridgehead atoms. The topological polar surface area (TPSA) is 55.6 Å². The number of carbonyl (C=O) groups excluding carboxylic acids is 1.